The van der Waals surface area contributed by atoms with E-state index in [1.54, 1.807) is 0 Å². The highest BCUT2D eigenvalue weighted by molar-refractivity contribution is 9.10. The number of hydrogen-bond donors (Lipinski definition) is 2. The van der Waals surface area contributed by atoms with Crippen LogP contribution >= 0.6 is 27.7 Å². The second-order valence-corrected chi connectivity index (χ2v) is 5.81. The van der Waals surface area contributed by atoms with Crippen LogP contribution in [0, 0.1) is 0 Å². The van der Waals surface area contributed by atoms with Crippen molar-refractivity contribution in [1.29, 1.82) is 0 Å². The zero-order valence-corrected chi connectivity index (χ0v) is 13.1. The summed E-state index contributed by atoms with van der Waals surface area (Å²) in [5.74, 6) is 6.71. The molecule has 3 N–H and O–H groups in total. The van der Waals surface area contributed by atoms with Gasteiger partial charge in [0.2, 0.25) is 0 Å². The number of nitrogens with one attached hydrogen (secondary N) is 1. The Morgan fingerprint density at radius 1 is 1.59 bits per heavy atom. The van der Waals surface area contributed by atoms with Gasteiger partial charge in [0, 0.05) is 19.5 Å². The lowest BCUT2D eigenvalue weighted by Crippen LogP contribution is -2.37. The molecule has 0 saturated carbocycles. The predicted octanol–water partition coefficient (Wildman–Crippen LogP) is 1.87. The second kappa shape index (κ2) is 7.41. The lowest BCUT2D eigenvalue weighted by molar-refractivity contribution is 0.497. The first kappa shape index (κ1) is 15.0. The molecule has 0 aliphatic carbocycles. The van der Waals surface area contributed by atoms with Crippen LogP contribution in [0.3, 0.4) is 0 Å². The van der Waals surface area contributed by atoms with Gasteiger partial charge in [-0.15, -0.1) is 0 Å². The van der Waals surface area contributed by atoms with Crippen molar-refractivity contribution in [3.63, 3.8) is 0 Å². The summed E-state index contributed by atoms with van der Waals surface area (Å²) in [5.41, 5.74) is 5.22. The van der Waals surface area contributed by atoms with Crippen molar-refractivity contribution < 1.29 is 0 Å². The molecule has 0 saturated heterocycles. The molecule has 1 unspecified atom stereocenters. The molecule has 4 nitrogen and oxygen atoms in total. The van der Waals surface area contributed by atoms with Crippen molar-refractivity contribution >= 4 is 27.7 Å². The van der Waals surface area contributed by atoms with Gasteiger partial charge in [0.1, 0.15) is 0 Å². The highest BCUT2D eigenvalue weighted by Gasteiger charge is 2.16. The average Bonchev–Trinajstić information content (AvgIpc) is 2.60. The summed E-state index contributed by atoms with van der Waals surface area (Å²) < 4.78 is 3.08. The van der Waals surface area contributed by atoms with Crippen molar-refractivity contribution in [1.82, 2.24) is 15.2 Å². The molecule has 1 atom stereocenters. The molecule has 0 aromatic carbocycles. The lowest BCUT2D eigenvalue weighted by atomic mass is 10.1. The molecule has 17 heavy (non-hydrogen) atoms. The summed E-state index contributed by atoms with van der Waals surface area (Å²) in [5, 5.41) is 4.49. The first-order valence-electron chi connectivity index (χ1n) is 5.79. The van der Waals surface area contributed by atoms with Gasteiger partial charge in [0.15, 0.2) is 0 Å². The molecule has 0 aliphatic rings. The zero-order valence-electron chi connectivity index (χ0n) is 10.7. The van der Waals surface area contributed by atoms with Gasteiger partial charge < -0.3 is 0 Å². The zero-order chi connectivity index (χ0) is 12.8. The summed E-state index contributed by atoms with van der Waals surface area (Å²) in [6.07, 6.45) is 5.03. The maximum atomic E-state index is 5.60. The first-order chi connectivity index (χ1) is 8.13. The van der Waals surface area contributed by atoms with E-state index in [1.807, 2.05) is 23.5 Å². The van der Waals surface area contributed by atoms with Gasteiger partial charge in [-0.05, 0) is 40.8 Å². The number of rotatable bonds is 7. The molecule has 0 aliphatic heterocycles. The van der Waals surface area contributed by atoms with Crippen LogP contribution in [0.15, 0.2) is 4.47 Å². The molecule has 6 heteroatoms. The van der Waals surface area contributed by atoms with Crippen LogP contribution < -0.4 is 11.3 Å². The van der Waals surface area contributed by atoms with Crippen LogP contribution in [0.5, 0.6) is 0 Å². The molecule has 98 valence electrons. The molecule has 0 radical (unpaired) electrons. The molecule has 0 fully saturated rings. The Balaban J connectivity index is 2.75. The van der Waals surface area contributed by atoms with Crippen molar-refractivity contribution in [2.24, 2.45) is 12.9 Å². The van der Waals surface area contributed by atoms with E-state index in [9.17, 15) is 0 Å². The molecule has 1 aromatic rings. The Labute approximate surface area is 116 Å². The van der Waals surface area contributed by atoms with Gasteiger partial charge in [-0.2, -0.15) is 16.9 Å². The van der Waals surface area contributed by atoms with Crippen molar-refractivity contribution in [3.05, 3.63) is 15.9 Å². The van der Waals surface area contributed by atoms with E-state index in [0.29, 0.717) is 6.04 Å². The monoisotopic (exact) mass is 320 g/mol. The molecule has 0 amide bonds. The topological polar surface area (TPSA) is 55.9 Å². The van der Waals surface area contributed by atoms with Crippen LogP contribution in [-0.2, 0) is 19.9 Å². The summed E-state index contributed by atoms with van der Waals surface area (Å²) in [6.45, 7) is 2.11. The fraction of sp³-hybridized carbons (Fsp3) is 0.727. The third-order valence-electron chi connectivity index (χ3n) is 2.85. The van der Waals surface area contributed by atoms with E-state index < -0.39 is 0 Å². The highest BCUT2D eigenvalue weighted by atomic mass is 79.9. The Morgan fingerprint density at radius 3 is 2.76 bits per heavy atom. The number of nitrogens with two attached hydrogens (primary N) is 1. The van der Waals surface area contributed by atoms with Crippen molar-refractivity contribution in [2.45, 2.75) is 32.2 Å². The van der Waals surface area contributed by atoms with E-state index in [2.05, 4.69) is 39.6 Å². The fourth-order valence-corrected chi connectivity index (χ4v) is 3.08. The van der Waals surface area contributed by atoms with Crippen LogP contribution in [-0.4, -0.2) is 27.8 Å². The minimum atomic E-state index is 0.304. The van der Waals surface area contributed by atoms with Crippen LogP contribution in [0.25, 0.3) is 0 Å². The SMILES string of the molecule is CCc1nn(C)c(CC(CCSC)NN)c1Br. The van der Waals surface area contributed by atoms with Crippen LogP contribution in [0.4, 0.5) is 0 Å². The Hall–Kier alpha value is -0.0400. The summed E-state index contributed by atoms with van der Waals surface area (Å²) >= 11 is 5.48. The molecular weight excluding hydrogens is 300 g/mol. The van der Waals surface area contributed by atoms with Gasteiger partial charge in [0.25, 0.3) is 0 Å². The van der Waals surface area contributed by atoms with Crippen LogP contribution in [0.1, 0.15) is 24.7 Å². The van der Waals surface area contributed by atoms with E-state index in [0.717, 1.165) is 35.2 Å². The fourth-order valence-electron chi connectivity index (χ4n) is 1.78. The second-order valence-electron chi connectivity index (χ2n) is 4.03. The van der Waals surface area contributed by atoms with Crippen LogP contribution in [0.2, 0.25) is 0 Å². The molecule has 0 bridgehead atoms. The standard InChI is InChI=1S/C11H21BrN4S/c1-4-9-11(12)10(16(2)15-9)7-8(14-13)5-6-17-3/h8,14H,4-7,13H2,1-3H3. The van der Waals surface area contributed by atoms with E-state index in [1.165, 1.54) is 5.69 Å². The number of aryl methyl sites for hydroxylation is 2. The minimum Gasteiger partial charge on any atom is -0.271 e. The van der Waals surface area contributed by atoms with Crippen molar-refractivity contribution in [2.75, 3.05) is 12.0 Å². The van der Waals surface area contributed by atoms with Gasteiger partial charge in [-0.25, -0.2) is 0 Å². The quantitative estimate of drug-likeness (QED) is 0.595. The largest absolute Gasteiger partial charge is 0.271 e. The number of halogens is 1. The maximum Gasteiger partial charge on any atom is 0.0766 e. The Bertz CT molecular complexity index is 353. The third-order valence-corrected chi connectivity index (χ3v) is 4.41. The van der Waals surface area contributed by atoms with Gasteiger partial charge in [-0.1, -0.05) is 6.92 Å². The average molecular weight is 321 g/mol. The maximum absolute atomic E-state index is 5.60. The molecule has 1 heterocycles. The summed E-state index contributed by atoms with van der Waals surface area (Å²) in [6, 6.07) is 0.304. The Kier molecular flexibility index (Phi) is 6.54. The van der Waals surface area contributed by atoms with Gasteiger partial charge >= 0.3 is 0 Å². The van der Waals surface area contributed by atoms with E-state index >= 15 is 0 Å². The first-order valence-corrected chi connectivity index (χ1v) is 7.98. The number of nitrogens with zero attached hydrogens (tertiary/aromatic N) is 2. The summed E-state index contributed by atoms with van der Waals surface area (Å²) in [7, 11) is 1.99. The lowest BCUT2D eigenvalue weighted by Gasteiger charge is -2.15. The van der Waals surface area contributed by atoms with E-state index in [-0.39, 0.29) is 0 Å². The smallest absolute Gasteiger partial charge is 0.0766 e. The molecule has 0 spiro atoms. The predicted molar refractivity (Wildman–Crippen MR) is 78.1 cm³/mol. The number of thioether (sulfide) groups is 1. The summed E-state index contributed by atoms with van der Waals surface area (Å²) in [4.78, 5) is 0. The Morgan fingerprint density at radius 2 is 2.29 bits per heavy atom. The number of aromatic nitrogens is 2. The number of hydrazine groups is 1. The number of hydrogen-bond acceptors (Lipinski definition) is 4. The highest BCUT2D eigenvalue weighted by Crippen LogP contribution is 2.23. The normalized spacial score (nSPS) is 13.0. The third kappa shape index (κ3) is 3.98. The van der Waals surface area contributed by atoms with Gasteiger partial charge in [0.05, 0.1) is 15.9 Å². The van der Waals surface area contributed by atoms with E-state index in [4.69, 9.17) is 5.84 Å². The van der Waals surface area contributed by atoms with Gasteiger partial charge in [-0.3, -0.25) is 16.0 Å². The van der Waals surface area contributed by atoms with Crippen molar-refractivity contribution in [3.8, 4) is 0 Å². The molecule has 1 aromatic heterocycles. The molecular formula is C11H21BrN4S. The molecule has 1 rings (SSSR count). The minimum absolute atomic E-state index is 0.304.